The lowest BCUT2D eigenvalue weighted by molar-refractivity contribution is 0.0538. The van der Waals surface area contributed by atoms with Gasteiger partial charge in [0.25, 0.3) is 10.0 Å². The van der Waals surface area contributed by atoms with Gasteiger partial charge >= 0.3 is 6.55 Å². The Hall–Kier alpha value is -2.81. The second-order valence-corrected chi connectivity index (χ2v) is 7.97. The summed E-state index contributed by atoms with van der Waals surface area (Å²) in [5.41, 5.74) is 2.16. The van der Waals surface area contributed by atoms with Gasteiger partial charge in [0.15, 0.2) is 0 Å². The number of nitrogens with one attached hydrogen (secondary N) is 1. The quantitative estimate of drug-likeness (QED) is 0.646. The van der Waals surface area contributed by atoms with Crippen molar-refractivity contribution < 1.29 is 17.2 Å². The van der Waals surface area contributed by atoms with E-state index in [4.69, 9.17) is 0 Å². The molecule has 0 fully saturated rings. The first-order chi connectivity index (χ1) is 13.3. The fourth-order valence-electron chi connectivity index (χ4n) is 3.04. The zero-order valence-electron chi connectivity index (χ0n) is 15.4. The van der Waals surface area contributed by atoms with Crippen molar-refractivity contribution in [2.75, 3.05) is 4.72 Å². The van der Waals surface area contributed by atoms with Gasteiger partial charge in [-0.15, -0.1) is 0 Å². The van der Waals surface area contributed by atoms with Crippen molar-refractivity contribution in [2.45, 2.75) is 38.1 Å². The van der Waals surface area contributed by atoms with E-state index in [-0.39, 0.29) is 16.3 Å². The molecule has 148 valence electrons. The van der Waals surface area contributed by atoms with Gasteiger partial charge in [-0.3, -0.25) is 9.71 Å². The van der Waals surface area contributed by atoms with Crippen LogP contribution < -0.4 is 4.72 Å². The molecule has 0 saturated heterocycles. The summed E-state index contributed by atoms with van der Waals surface area (Å²) < 4.78 is 54.4. The Morgan fingerprint density at radius 3 is 2.54 bits per heavy atom. The number of aryl methyl sites for hydroxylation is 3. The van der Waals surface area contributed by atoms with Gasteiger partial charge < -0.3 is 0 Å². The van der Waals surface area contributed by atoms with E-state index in [0.29, 0.717) is 16.8 Å². The predicted octanol–water partition coefficient (Wildman–Crippen LogP) is 3.88. The van der Waals surface area contributed by atoms with Crippen molar-refractivity contribution in [2.24, 2.45) is 0 Å². The van der Waals surface area contributed by atoms with Gasteiger partial charge in [0.2, 0.25) is 0 Å². The average Bonchev–Trinajstić information content (AvgIpc) is 2.96. The van der Waals surface area contributed by atoms with Crippen LogP contribution in [0.25, 0.3) is 0 Å². The summed E-state index contributed by atoms with van der Waals surface area (Å²) in [5, 5.41) is 3.64. The Balaban J connectivity index is 1.80. The van der Waals surface area contributed by atoms with E-state index in [0.717, 1.165) is 17.7 Å². The lowest BCUT2D eigenvalue weighted by atomic mass is 10.1. The number of alkyl halides is 2. The van der Waals surface area contributed by atoms with Crippen LogP contribution in [0.15, 0.2) is 53.6 Å². The summed E-state index contributed by atoms with van der Waals surface area (Å²) in [5.74, 6) is 0. The monoisotopic (exact) mass is 406 g/mol. The average molecular weight is 406 g/mol. The van der Waals surface area contributed by atoms with Crippen LogP contribution >= 0.6 is 0 Å². The fraction of sp³-hybridized carbons (Fsp3) is 0.263. The van der Waals surface area contributed by atoms with Crippen LogP contribution in [0.3, 0.4) is 0 Å². The Morgan fingerprint density at radius 2 is 1.89 bits per heavy atom. The maximum atomic E-state index is 13.0. The van der Waals surface area contributed by atoms with Crippen molar-refractivity contribution in [1.29, 1.82) is 0 Å². The molecule has 0 spiro atoms. The van der Waals surface area contributed by atoms with Crippen LogP contribution in [-0.2, 0) is 22.9 Å². The number of hydrogen-bond acceptors (Lipinski definition) is 4. The second kappa shape index (κ2) is 8.05. The molecule has 2 heterocycles. The van der Waals surface area contributed by atoms with Crippen LogP contribution in [0, 0.1) is 13.8 Å². The minimum Gasteiger partial charge on any atom is -0.280 e. The van der Waals surface area contributed by atoms with Gasteiger partial charge in [-0.1, -0.05) is 18.2 Å². The van der Waals surface area contributed by atoms with Crippen LogP contribution in [-0.4, -0.2) is 23.2 Å². The third-order valence-electron chi connectivity index (χ3n) is 4.29. The molecule has 3 aromatic rings. The molecule has 0 saturated carbocycles. The number of halogens is 2. The predicted molar refractivity (Wildman–Crippen MR) is 102 cm³/mol. The number of pyridine rings is 1. The molecule has 0 aliphatic heterocycles. The molecule has 1 aromatic carbocycles. The second-order valence-electron chi connectivity index (χ2n) is 6.35. The molecule has 0 radical (unpaired) electrons. The highest BCUT2D eigenvalue weighted by Gasteiger charge is 2.27. The SMILES string of the molecule is Cc1nn(C(F)F)c(C)c1S(=O)(=O)Nc1cccc(CCc2ccccn2)c1. The highest BCUT2D eigenvalue weighted by Crippen LogP contribution is 2.26. The third kappa shape index (κ3) is 4.36. The molecular weight excluding hydrogens is 386 g/mol. The third-order valence-corrected chi connectivity index (χ3v) is 5.92. The molecule has 0 atom stereocenters. The molecule has 0 bridgehead atoms. The maximum Gasteiger partial charge on any atom is 0.333 e. The van der Waals surface area contributed by atoms with Gasteiger partial charge in [0, 0.05) is 17.6 Å². The van der Waals surface area contributed by atoms with Crippen molar-refractivity contribution >= 4 is 15.7 Å². The smallest absolute Gasteiger partial charge is 0.280 e. The van der Waals surface area contributed by atoms with Gasteiger partial charge in [-0.2, -0.15) is 13.9 Å². The Labute approximate surface area is 162 Å². The van der Waals surface area contributed by atoms with Gasteiger partial charge in [-0.25, -0.2) is 13.1 Å². The lowest BCUT2D eigenvalue weighted by Crippen LogP contribution is -2.15. The molecule has 0 aliphatic rings. The fourth-order valence-corrected chi connectivity index (χ4v) is 4.49. The molecule has 1 N–H and O–H groups in total. The van der Waals surface area contributed by atoms with Crippen molar-refractivity contribution in [3.05, 3.63) is 71.3 Å². The number of hydrogen-bond donors (Lipinski definition) is 1. The van der Waals surface area contributed by atoms with Crippen LogP contribution in [0.2, 0.25) is 0 Å². The van der Waals surface area contributed by atoms with E-state index in [1.807, 2.05) is 24.3 Å². The van der Waals surface area contributed by atoms with E-state index in [1.165, 1.54) is 13.8 Å². The number of sulfonamides is 1. The standard InChI is InChI=1S/C19H20F2N4O2S/c1-13-18(14(2)25(23-13)19(20)21)28(26,27)24-17-8-5-6-15(12-17)9-10-16-7-3-4-11-22-16/h3-8,11-12,19,24H,9-10H2,1-2H3. The minimum absolute atomic E-state index is 0.0246. The van der Waals surface area contributed by atoms with Gasteiger partial charge in [0.1, 0.15) is 4.90 Å². The Bertz CT molecular complexity index is 1070. The zero-order valence-corrected chi connectivity index (χ0v) is 16.2. The van der Waals surface area contributed by atoms with E-state index >= 15 is 0 Å². The van der Waals surface area contributed by atoms with Crippen LogP contribution in [0.1, 0.15) is 29.2 Å². The van der Waals surface area contributed by atoms with Crippen molar-refractivity contribution in [3.63, 3.8) is 0 Å². The molecule has 6 nitrogen and oxygen atoms in total. The molecule has 9 heteroatoms. The minimum atomic E-state index is -4.05. The summed E-state index contributed by atoms with van der Waals surface area (Å²) in [4.78, 5) is 4.04. The zero-order chi connectivity index (χ0) is 20.3. The Kier molecular flexibility index (Phi) is 5.73. The molecule has 3 rings (SSSR count). The van der Waals surface area contributed by atoms with Gasteiger partial charge in [-0.05, 0) is 56.5 Å². The number of anilines is 1. The summed E-state index contributed by atoms with van der Waals surface area (Å²) in [7, 11) is -4.05. The molecule has 0 unspecified atom stereocenters. The van der Waals surface area contributed by atoms with Crippen molar-refractivity contribution in [3.8, 4) is 0 Å². The van der Waals surface area contributed by atoms with Crippen LogP contribution in [0.5, 0.6) is 0 Å². The lowest BCUT2D eigenvalue weighted by Gasteiger charge is -2.10. The number of benzene rings is 1. The first-order valence-electron chi connectivity index (χ1n) is 8.63. The summed E-state index contributed by atoms with van der Waals surface area (Å²) in [6, 6.07) is 12.7. The molecule has 28 heavy (non-hydrogen) atoms. The Morgan fingerprint density at radius 1 is 1.11 bits per heavy atom. The topological polar surface area (TPSA) is 76.9 Å². The first kappa shape index (κ1) is 19.9. The normalized spacial score (nSPS) is 11.8. The summed E-state index contributed by atoms with van der Waals surface area (Å²) in [6.45, 7) is -0.203. The van der Waals surface area contributed by atoms with E-state index in [1.54, 1.807) is 24.4 Å². The molecular formula is C19H20F2N4O2S. The summed E-state index contributed by atoms with van der Waals surface area (Å²) in [6.07, 6.45) is 3.13. The highest BCUT2D eigenvalue weighted by atomic mass is 32.2. The largest absolute Gasteiger partial charge is 0.333 e. The maximum absolute atomic E-state index is 13.0. The van der Waals surface area contributed by atoms with E-state index in [2.05, 4.69) is 14.8 Å². The molecule has 0 aliphatic carbocycles. The number of aromatic nitrogens is 3. The van der Waals surface area contributed by atoms with Crippen LogP contribution in [0.4, 0.5) is 14.5 Å². The summed E-state index contributed by atoms with van der Waals surface area (Å²) >= 11 is 0. The highest BCUT2D eigenvalue weighted by molar-refractivity contribution is 7.92. The van der Waals surface area contributed by atoms with Gasteiger partial charge in [0.05, 0.1) is 11.4 Å². The molecule has 0 amide bonds. The first-order valence-corrected chi connectivity index (χ1v) is 10.1. The number of nitrogens with zero attached hydrogens (tertiary/aromatic N) is 3. The van der Waals surface area contributed by atoms with Crippen molar-refractivity contribution in [1.82, 2.24) is 14.8 Å². The van der Waals surface area contributed by atoms with E-state index in [9.17, 15) is 17.2 Å². The molecule has 2 aromatic heterocycles. The number of rotatable bonds is 7. The van der Waals surface area contributed by atoms with E-state index < -0.39 is 16.6 Å².